The number of carbonyl (C=O) groups excluding carboxylic acids is 1. The number of carbonyl (C=O) groups is 1. The summed E-state index contributed by atoms with van der Waals surface area (Å²) in [6, 6.07) is 0.303. The first-order chi connectivity index (χ1) is 8.84. The summed E-state index contributed by atoms with van der Waals surface area (Å²) in [7, 11) is 0. The standard InChI is InChI=1S/C13H20N4O/c18-13(17-12-4-2-1-3-5-12)16-7-6-11-8-14-10-15-9-11/h8-10,12H,1-7H2,(H2,16,17,18). The molecule has 1 aliphatic carbocycles. The van der Waals surface area contributed by atoms with Gasteiger partial charge < -0.3 is 10.6 Å². The van der Waals surface area contributed by atoms with E-state index in [1.165, 1.54) is 25.6 Å². The fourth-order valence-corrected chi connectivity index (χ4v) is 2.26. The average Bonchev–Trinajstić information content (AvgIpc) is 2.41. The zero-order chi connectivity index (χ0) is 12.6. The van der Waals surface area contributed by atoms with Crippen LogP contribution in [0.5, 0.6) is 0 Å². The number of nitrogens with one attached hydrogen (secondary N) is 2. The van der Waals surface area contributed by atoms with Crippen LogP contribution in [-0.2, 0) is 6.42 Å². The third-order valence-electron chi connectivity index (χ3n) is 3.25. The molecule has 1 fully saturated rings. The van der Waals surface area contributed by atoms with Crippen LogP contribution in [0.15, 0.2) is 18.7 Å². The molecule has 0 spiro atoms. The molecule has 1 aromatic heterocycles. The van der Waals surface area contributed by atoms with Gasteiger partial charge in [0.1, 0.15) is 6.33 Å². The molecular weight excluding hydrogens is 228 g/mol. The highest BCUT2D eigenvalue weighted by molar-refractivity contribution is 5.74. The van der Waals surface area contributed by atoms with Crippen molar-refractivity contribution in [1.29, 1.82) is 0 Å². The van der Waals surface area contributed by atoms with E-state index in [1.54, 1.807) is 12.4 Å². The van der Waals surface area contributed by atoms with Gasteiger partial charge in [-0.25, -0.2) is 14.8 Å². The first-order valence-corrected chi connectivity index (χ1v) is 6.63. The number of amides is 2. The van der Waals surface area contributed by atoms with Gasteiger partial charge in [-0.05, 0) is 24.8 Å². The van der Waals surface area contributed by atoms with Gasteiger partial charge in [0, 0.05) is 25.0 Å². The highest BCUT2D eigenvalue weighted by Crippen LogP contribution is 2.17. The Labute approximate surface area is 107 Å². The Bertz CT molecular complexity index is 363. The summed E-state index contributed by atoms with van der Waals surface area (Å²) in [5.74, 6) is 0. The van der Waals surface area contributed by atoms with E-state index >= 15 is 0 Å². The molecule has 2 amide bonds. The fraction of sp³-hybridized carbons (Fsp3) is 0.615. The largest absolute Gasteiger partial charge is 0.338 e. The maximum absolute atomic E-state index is 11.6. The third kappa shape index (κ3) is 4.31. The summed E-state index contributed by atoms with van der Waals surface area (Å²) in [6.45, 7) is 0.617. The van der Waals surface area contributed by atoms with E-state index in [0.717, 1.165) is 24.8 Å². The normalized spacial score (nSPS) is 16.2. The van der Waals surface area contributed by atoms with Crippen LogP contribution in [0, 0.1) is 0 Å². The van der Waals surface area contributed by atoms with Crippen LogP contribution in [0.4, 0.5) is 4.79 Å². The van der Waals surface area contributed by atoms with Crippen LogP contribution in [-0.4, -0.2) is 28.6 Å². The Morgan fingerprint density at radius 3 is 2.67 bits per heavy atom. The molecule has 1 aromatic rings. The van der Waals surface area contributed by atoms with Gasteiger partial charge in [-0.2, -0.15) is 0 Å². The lowest BCUT2D eigenvalue weighted by atomic mass is 9.96. The summed E-state index contributed by atoms with van der Waals surface area (Å²) < 4.78 is 0. The minimum Gasteiger partial charge on any atom is -0.338 e. The maximum Gasteiger partial charge on any atom is 0.315 e. The van der Waals surface area contributed by atoms with Crippen LogP contribution in [0.3, 0.4) is 0 Å². The molecule has 0 radical (unpaired) electrons. The highest BCUT2D eigenvalue weighted by Gasteiger charge is 2.14. The van der Waals surface area contributed by atoms with E-state index in [1.807, 2.05) is 0 Å². The number of hydrogen-bond donors (Lipinski definition) is 2. The number of rotatable bonds is 4. The Hall–Kier alpha value is -1.65. The molecular formula is C13H20N4O. The molecule has 0 atom stereocenters. The number of hydrogen-bond acceptors (Lipinski definition) is 3. The highest BCUT2D eigenvalue weighted by atomic mass is 16.2. The topological polar surface area (TPSA) is 66.9 Å². The SMILES string of the molecule is O=C(NCCc1cncnc1)NC1CCCCC1. The lowest BCUT2D eigenvalue weighted by molar-refractivity contribution is 0.233. The lowest BCUT2D eigenvalue weighted by Crippen LogP contribution is -2.43. The maximum atomic E-state index is 11.6. The molecule has 5 nitrogen and oxygen atoms in total. The fourth-order valence-electron chi connectivity index (χ4n) is 2.26. The second-order valence-corrected chi connectivity index (χ2v) is 4.73. The zero-order valence-electron chi connectivity index (χ0n) is 10.6. The quantitative estimate of drug-likeness (QED) is 0.851. The summed E-state index contributed by atoms with van der Waals surface area (Å²) >= 11 is 0. The Morgan fingerprint density at radius 2 is 1.94 bits per heavy atom. The van der Waals surface area contributed by atoms with E-state index in [4.69, 9.17) is 0 Å². The van der Waals surface area contributed by atoms with E-state index in [2.05, 4.69) is 20.6 Å². The van der Waals surface area contributed by atoms with Crippen molar-refractivity contribution in [2.24, 2.45) is 0 Å². The summed E-state index contributed by atoms with van der Waals surface area (Å²) in [6.07, 6.45) is 11.8. The van der Waals surface area contributed by atoms with E-state index < -0.39 is 0 Å². The molecule has 0 saturated heterocycles. The summed E-state index contributed by atoms with van der Waals surface area (Å²) in [5.41, 5.74) is 1.04. The molecule has 18 heavy (non-hydrogen) atoms. The second kappa shape index (κ2) is 6.93. The van der Waals surface area contributed by atoms with Gasteiger partial charge >= 0.3 is 6.03 Å². The van der Waals surface area contributed by atoms with Crippen LogP contribution < -0.4 is 10.6 Å². The van der Waals surface area contributed by atoms with Crippen molar-refractivity contribution in [2.45, 2.75) is 44.6 Å². The lowest BCUT2D eigenvalue weighted by Gasteiger charge is -2.22. The number of nitrogens with zero attached hydrogens (tertiary/aromatic N) is 2. The molecule has 98 valence electrons. The van der Waals surface area contributed by atoms with Crippen LogP contribution in [0.2, 0.25) is 0 Å². The van der Waals surface area contributed by atoms with Crippen LogP contribution in [0.25, 0.3) is 0 Å². The van der Waals surface area contributed by atoms with Crippen molar-refractivity contribution in [3.05, 3.63) is 24.3 Å². The van der Waals surface area contributed by atoms with Crippen molar-refractivity contribution < 1.29 is 4.79 Å². The predicted octanol–water partition coefficient (Wildman–Crippen LogP) is 1.65. The van der Waals surface area contributed by atoms with Gasteiger partial charge in [0.05, 0.1) is 0 Å². The van der Waals surface area contributed by atoms with Gasteiger partial charge in [0.25, 0.3) is 0 Å². The van der Waals surface area contributed by atoms with Crippen LogP contribution in [0.1, 0.15) is 37.7 Å². The van der Waals surface area contributed by atoms with E-state index in [-0.39, 0.29) is 6.03 Å². The molecule has 0 aliphatic heterocycles. The van der Waals surface area contributed by atoms with E-state index in [0.29, 0.717) is 12.6 Å². The zero-order valence-corrected chi connectivity index (χ0v) is 10.6. The van der Waals surface area contributed by atoms with Crippen molar-refractivity contribution in [3.8, 4) is 0 Å². The first kappa shape index (κ1) is 12.8. The summed E-state index contributed by atoms with van der Waals surface area (Å²) in [4.78, 5) is 19.5. The molecule has 1 heterocycles. The predicted molar refractivity (Wildman–Crippen MR) is 69.1 cm³/mol. The Morgan fingerprint density at radius 1 is 1.22 bits per heavy atom. The van der Waals surface area contributed by atoms with E-state index in [9.17, 15) is 4.79 Å². The van der Waals surface area contributed by atoms with Gasteiger partial charge in [0.15, 0.2) is 0 Å². The van der Waals surface area contributed by atoms with Crippen molar-refractivity contribution in [1.82, 2.24) is 20.6 Å². The monoisotopic (exact) mass is 248 g/mol. The smallest absolute Gasteiger partial charge is 0.315 e. The van der Waals surface area contributed by atoms with Crippen molar-refractivity contribution >= 4 is 6.03 Å². The van der Waals surface area contributed by atoms with Crippen LogP contribution >= 0.6 is 0 Å². The van der Waals surface area contributed by atoms with Gasteiger partial charge in [0.2, 0.25) is 0 Å². The molecule has 0 bridgehead atoms. The summed E-state index contributed by atoms with van der Waals surface area (Å²) in [5, 5.41) is 5.90. The molecule has 0 unspecified atom stereocenters. The van der Waals surface area contributed by atoms with Crippen molar-refractivity contribution in [2.75, 3.05) is 6.54 Å². The first-order valence-electron chi connectivity index (χ1n) is 6.63. The molecule has 2 rings (SSSR count). The molecule has 2 N–H and O–H groups in total. The molecule has 0 aromatic carbocycles. The van der Waals surface area contributed by atoms with Gasteiger partial charge in [-0.3, -0.25) is 0 Å². The average molecular weight is 248 g/mol. The molecule has 1 aliphatic rings. The second-order valence-electron chi connectivity index (χ2n) is 4.73. The molecule has 1 saturated carbocycles. The Balaban J connectivity index is 1.62. The minimum absolute atomic E-state index is 0.0567. The number of aromatic nitrogens is 2. The minimum atomic E-state index is -0.0567. The third-order valence-corrected chi connectivity index (χ3v) is 3.25. The van der Waals surface area contributed by atoms with Gasteiger partial charge in [-0.15, -0.1) is 0 Å². The van der Waals surface area contributed by atoms with Crippen molar-refractivity contribution in [3.63, 3.8) is 0 Å². The molecule has 5 heteroatoms. The Kier molecular flexibility index (Phi) is 4.93. The van der Waals surface area contributed by atoms with Gasteiger partial charge in [-0.1, -0.05) is 19.3 Å². The number of urea groups is 1.